The van der Waals surface area contributed by atoms with E-state index in [9.17, 15) is 9.90 Å². The molecule has 2 N–H and O–H groups in total. The van der Waals surface area contributed by atoms with Crippen molar-refractivity contribution >= 4 is 22.7 Å². The Labute approximate surface area is 123 Å². The van der Waals surface area contributed by atoms with E-state index in [0.717, 1.165) is 10.6 Å². The van der Waals surface area contributed by atoms with Crippen LogP contribution in [0.25, 0.3) is 0 Å². The molecule has 2 rings (SSSR count). The van der Waals surface area contributed by atoms with Crippen molar-refractivity contribution in [1.82, 2.24) is 5.32 Å². The maximum absolute atomic E-state index is 12.2. The van der Waals surface area contributed by atoms with Crippen molar-refractivity contribution in [1.29, 1.82) is 0 Å². The summed E-state index contributed by atoms with van der Waals surface area (Å²) in [5.41, 5.74) is 1.05. The number of aliphatic hydroxyl groups is 1. The third-order valence-electron chi connectivity index (χ3n) is 3.30. The molecule has 4 nitrogen and oxygen atoms in total. The van der Waals surface area contributed by atoms with Crippen molar-refractivity contribution in [2.24, 2.45) is 10.9 Å². The van der Waals surface area contributed by atoms with Crippen LogP contribution in [-0.2, 0) is 4.79 Å². The van der Waals surface area contributed by atoms with Gasteiger partial charge < -0.3 is 10.4 Å². The molecule has 2 atom stereocenters. The Morgan fingerprint density at radius 2 is 2.15 bits per heavy atom. The number of carbonyl (C=O) groups is 1. The average Bonchev–Trinajstić information content (AvgIpc) is 2.95. The van der Waals surface area contributed by atoms with Crippen molar-refractivity contribution in [3.05, 3.63) is 35.9 Å². The number of aliphatic imine (C=N–C) groups is 1. The Morgan fingerprint density at radius 3 is 2.75 bits per heavy atom. The van der Waals surface area contributed by atoms with E-state index >= 15 is 0 Å². The average molecular weight is 292 g/mol. The van der Waals surface area contributed by atoms with E-state index in [2.05, 4.69) is 10.3 Å². The Balaban J connectivity index is 2.01. The molecule has 0 radical (unpaired) electrons. The van der Waals surface area contributed by atoms with E-state index in [4.69, 9.17) is 0 Å². The molecular formula is C15H20N2O2S. The number of aliphatic hydroxyl groups excluding tert-OH is 1. The van der Waals surface area contributed by atoms with Crippen LogP contribution in [0.3, 0.4) is 0 Å². The SMILES string of the molecule is CC(C)C(CO)NC(=O)C1CSC(c2ccccc2)=N1. The summed E-state index contributed by atoms with van der Waals surface area (Å²) in [7, 11) is 0. The number of amides is 1. The van der Waals surface area contributed by atoms with Gasteiger partial charge in [-0.3, -0.25) is 9.79 Å². The lowest BCUT2D eigenvalue weighted by Crippen LogP contribution is -2.45. The molecule has 1 aliphatic rings. The maximum Gasteiger partial charge on any atom is 0.246 e. The van der Waals surface area contributed by atoms with E-state index in [1.54, 1.807) is 11.8 Å². The van der Waals surface area contributed by atoms with Crippen LogP contribution < -0.4 is 5.32 Å². The van der Waals surface area contributed by atoms with E-state index in [0.29, 0.717) is 5.75 Å². The summed E-state index contributed by atoms with van der Waals surface area (Å²) in [6.45, 7) is 3.91. The van der Waals surface area contributed by atoms with Crippen LogP contribution in [0, 0.1) is 5.92 Å². The molecule has 0 saturated heterocycles. The minimum absolute atomic E-state index is 0.0431. The highest BCUT2D eigenvalue weighted by Crippen LogP contribution is 2.23. The van der Waals surface area contributed by atoms with Crippen molar-refractivity contribution in [2.75, 3.05) is 12.4 Å². The number of carbonyl (C=O) groups excluding carboxylic acids is 1. The number of nitrogens with one attached hydrogen (secondary N) is 1. The van der Waals surface area contributed by atoms with E-state index in [-0.39, 0.29) is 30.5 Å². The molecule has 0 bridgehead atoms. The smallest absolute Gasteiger partial charge is 0.246 e. The summed E-state index contributed by atoms with van der Waals surface area (Å²) in [4.78, 5) is 16.6. The van der Waals surface area contributed by atoms with Crippen LogP contribution in [0.1, 0.15) is 19.4 Å². The highest BCUT2D eigenvalue weighted by Gasteiger charge is 2.27. The molecule has 0 fully saturated rings. The first-order chi connectivity index (χ1) is 9.61. The van der Waals surface area contributed by atoms with Crippen molar-refractivity contribution in [3.8, 4) is 0 Å². The predicted octanol–water partition coefficient (Wildman–Crippen LogP) is 1.68. The van der Waals surface area contributed by atoms with Gasteiger partial charge in [0.15, 0.2) is 0 Å². The molecule has 20 heavy (non-hydrogen) atoms. The fourth-order valence-electron chi connectivity index (χ4n) is 1.95. The summed E-state index contributed by atoms with van der Waals surface area (Å²) in [5, 5.41) is 13.0. The predicted molar refractivity (Wildman–Crippen MR) is 83.1 cm³/mol. The van der Waals surface area contributed by atoms with Gasteiger partial charge in [0.1, 0.15) is 6.04 Å². The summed E-state index contributed by atoms with van der Waals surface area (Å²) in [6.07, 6.45) is 0. The van der Waals surface area contributed by atoms with Crippen LogP contribution in [0.4, 0.5) is 0 Å². The van der Waals surface area contributed by atoms with Gasteiger partial charge in [-0.05, 0) is 5.92 Å². The highest BCUT2D eigenvalue weighted by molar-refractivity contribution is 8.14. The van der Waals surface area contributed by atoms with Gasteiger partial charge in [0.2, 0.25) is 5.91 Å². The molecule has 1 heterocycles. The minimum atomic E-state index is -0.358. The van der Waals surface area contributed by atoms with Crippen molar-refractivity contribution < 1.29 is 9.90 Å². The third kappa shape index (κ3) is 3.61. The molecule has 1 aliphatic heterocycles. The quantitative estimate of drug-likeness (QED) is 0.868. The third-order valence-corrected chi connectivity index (χ3v) is 4.40. The number of hydrogen-bond acceptors (Lipinski definition) is 4. The summed E-state index contributed by atoms with van der Waals surface area (Å²) < 4.78 is 0. The molecule has 1 aromatic rings. The molecule has 1 amide bonds. The molecule has 0 aromatic heterocycles. The molecular weight excluding hydrogens is 272 g/mol. The molecule has 0 aliphatic carbocycles. The first-order valence-corrected chi connectivity index (χ1v) is 7.77. The lowest BCUT2D eigenvalue weighted by atomic mass is 10.1. The van der Waals surface area contributed by atoms with Gasteiger partial charge in [-0.15, -0.1) is 11.8 Å². The lowest BCUT2D eigenvalue weighted by Gasteiger charge is -2.20. The van der Waals surface area contributed by atoms with Gasteiger partial charge in [-0.2, -0.15) is 0 Å². The Morgan fingerprint density at radius 1 is 1.45 bits per heavy atom. The highest BCUT2D eigenvalue weighted by atomic mass is 32.2. The van der Waals surface area contributed by atoms with Crippen LogP contribution in [0.2, 0.25) is 0 Å². The number of thioether (sulfide) groups is 1. The van der Waals surface area contributed by atoms with Crippen LogP contribution in [-0.4, -0.2) is 40.5 Å². The Hall–Kier alpha value is -1.33. The standard InChI is InChI=1S/C15H20N2O2S/c1-10(2)12(8-18)16-14(19)13-9-20-15(17-13)11-6-4-3-5-7-11/h3-7,10,12-13,18H,8-9H2,1-2H3,(H,16,19). The normalized spacial score (nSPS) is 19.8. The zero-order chi connectivity index (χ0) is 14.5. The molecule has 108 valence electrons. The van der Waals surface area contributed by atoms with Crippen molar-refractivity contribution in [2.45, 2.75) is 25.9 Å². The summed E-state index contributed by atoms with van der Waals surface area (Å²) >= 11 is 1.60. The second-order valence-corrected chi connectivity index (χ2v) is 6.18. The minimum Gasteiger partial charge on any atom is -0.394 e. The topological polar surface area (TPSA) is 61.7 Å². The number of benzene rings is 1. The van der Waals surface area contributed by atoms with Gasteiger partial charge in [-0.25, -0.2) is 0 Å². The van der Waals surface area contributed by atoms with E-state index in [1.165, 1.54) is 0 Å². The van der Waals surface area contributed by atoms with Gasteiger partial charge >= 0.3 is 0 Å². The molecule has 1 aromatic carbocycles. The second-order valence-electron chi connectivity index (χ2n) is 5.17. The monoisotopic (exact) mass is 292 g/mol. The fourth-order valence-corrected chi connectivity index (χ4v) is 3.00. The maximum atomic E-state index is 12.2. The van der Waals surface area contributed by atoms with Gasteiger partial charge in [0.05, 0.1) is 17.7 Å². The van der Waals surface area contributed by atoms with Gasteiger partial charge in [0, 0.05) is 11.3 Å². The number of rotatable bonds is 5. The van der Waals surface area contributed by atoms with Crippen LogP contribution in [0.15, 0.2) is 35.3 Å². The van der Waals surface area contributed by atoms with E-state index in [1.807, 2.05) is 44.2 Å². The van der Waals surface area contributed by atoms with Gasteiger partial charge in [0.25, 0.3) is 0 Å². The lowest BCUT2D eigenvalue weighted by molar-refractivity contribution is -0.123. The zero-order valence-electron chi connectivity index (χ0n) is 11.7. The second kappa shape index (κ2) is 6.90. The van der Waals surface area contributed by atoms with Gasteiger partial charge in [-0.1, -0.05) is 44.2 Å². The first-order valence-electron chi connectivity index (χ1n) is 6.79. The zero-order valence-corrected chi connectivity index (χ0v) is 12.6. The Bertz CT molecular complexity index is 488. The molecule has 2 unspecified atom stereocenters. The van der Waals surface area contributed by atoms with Crippen LogP contribution in [0.5, 0.6) is 0 Å². The number of hydrogen-bond donors (Lipinski definition) is 2. The van der Waals surface area contributed by atoms with Crippen molar-refractivity contribution in [3.63, 3.8) is 0 Å². The number of nitrogens with zero attached hydrogens (tertiary/aromatic N) is 1. The first kappa shape index (κ1) is 15.1. The Kier molecular flexibility index (Phi) is 5.20. The molecule has 0 saturated carbocycles. The summed E-state index contributed by atoms with van der Waals surface area (Å²) in [6, 6.07) is 9.32. The van der Waals surface area contributed by atoms with E-state index < -0.39 is 0 Å². The molecule has 0 spiro atoms. The van der Waals surface area contributed by atoms with Crippen LogP contribution >= 0.6 is 11.8 Å². The largest absolute Gasteiger partial charge is 0.394 e. The molecule has 5 heteroatoms. The summed E-state index contributed by atoms with van der Waals surface area (Å²) in [5.74, 6) is 0.763. The fraction of sp³-hybridized carbons (Fsp3) is 0.467.